The monoisotopic (exact) mass is 239 g/mol. The van der Waals surface area contributed by atoms with Gasteiger partial charge in [-0.15, -0.1) is 11.8 Å². The number of thioether (sulfide) groups is 1. The average molecular weight is 239 g/mol. The minimum absolute atomic E-state index is 0.161. The maximum absolute atomic E-state index is 11.5. The summed E-state index contributed by atoms with van der Waals surface area (Å²) in [6, 6.07) is 1.98. The van der Waals surface area contributed by atoms with E-state index < -0.39 is 5.97 Å². The van der Waals surface area contributed by atoms with Crippen LogP contribution in [0.25, 0.3) is 0 Å². The molecule has 0 fully saturated rings. The molecule has 5 nitrogen and oxygen atoms in total. The van der Waals surface area contributed by atoms with Gasteiger partial charge in [-0.2, -0.15) is 5.26 Å². The van der Waals surface area contributed by atoms with E-state index in [1.807, 2.05) is 13.0 Å². The van der Waals surface area contributed by atoms with Crippen molar-refractivity contribution in [3.05, 3.63) is 11.3 Å². The molecule has 0 aliphatic heterocycles. The van der Waals surface area contributed by atoms with Crippen LogP contribution in [-0.4, -0.2) is 23.3 Å². The van der Waals surface area contributed by atoms with Gasteiger partial charge in [-0.1, -0.05) is 6.92 Å². The van der Waals surface area contributed by atoms with Gasteiger partial charge in [-0.25, -0.2) is 4.79 Å². The van der Waals surface area contributed by atoms with Crippen LogP contribution in [0.4, 0.5) is 5.69 Å². The van der Waals surface area contributed by atoms with Crippen LogP contribution >= 0.6 is 11.8 Å². The highest BCUT2D eigenvalue weighted by atomic mass is 32.2. The molecule has 1 heterocycles. The zero-order valence-corrected chi connectivity index (χ0v) is 9.98. The summed E-state index contributed by atoms with van der Waals surface area (Å²) < 4.78 is 4.83. The molecule has 3 N–H and O–H groups in total. The lowest BCUT2D eigenvalue weighted by Crippen LogP contribution is -2.07. The third kappa shape index (κ3) is 2.31. The number of hydrogen-bond acceptors (Lipinski definition) is 5. The summed E-state index contributed by atoms with van der Waals surface area (Å²) in [5, 5.41) is 9.55. The van der Waals surface area contributed by atoms with E-state index in [-0.39, 0.29) is 18.0 Å². The number of anilines is 1. The second-order valence-electron chi connectivity index (χ2n) is 2.88. The first kappa shape index (κ1) is 12.5. The van der Waals surface area contributed by atoms with E-state index in [2.05, 4.69) is 4.98 Å². The fourth-order valence-electron chi connectivity index (χ4n) is 1.22. The summed E-state index contributed by atoms with van der Waals surface area (Å²) in [7, 11) is 0. The van der Waals surface area contributed by atoms with Gasteiger partial charge in [0.1, 0.15) is 11.6 Å². The Kier molecular flexibility index (Phi) is 4.26. The third-order valence-corrected chi connectivity index (χ3v) is 2.77. The largest absolute Gasteiger partial charge is 0.461 e. The molecule has 0 aromatic carbocycles. The maximum Gasteiger partial charge on any atom is 0.356 e. The van der Waals surface area contributed by atoms with Gasteiger partial charge in [0, 0.05) is 0 Å². The van der Waals surface area contributed by atoms with Crippen LogP contribution in [0.15, 0.2) is 5.03 Å². The van der Waals surface area contributed by atoms with Gasteiger partial charge in [0.2, 0.25) is 0 Å². The zero-order chi connectivity index (χ0) is 12.1. The average Bonchev–Trinajstić information content (AvgIpc) is 2.56. The summed E-state index contributed by atoms with van der Waals surface area (Å²) in [4.78, 5) is 14.3. The SMILES string of the molecule is CCOC(=O)c1[nH]c(SCC)c(C#N)c1N. The highest BCUT2D eigenvalue weighted by Gasteiger charge is 2.20. The summed E-state index contributed by atoms with van der Waals surface area (Å²) in [6.07, 6.45) is 0. The molecule has 1 aromatic rings. The highest BCUT2D eigenvalue weighted by molar-refractivity contribution is 7.99. The van der Waals surface area contributed by atoms with Crippen LogP contribution < -0.4 is 5.73 Å². The van der Waals surface area contributed by atoms with Crippen LogP contribution in [0.2, 0.25) is 0 Å². The molecule has 0 saturated heterocycles. The van der Waals surface area contributed by atoms with Gasteiger partial charge < -0.3 is 15.5 Å². The number of rotatable bonds is 4. The van der Waals surface area contributed by atoms with Crippen molar-refractivity contribution >= 4 is 23.4 Å². The fraction of sp³-hybridized carbons (Fsp3) is 0.400. The van der Waals surface area contributed by atoms with Gasteiger partial charge in [0.05, 0.1) is 17.3 Å². The molecule has 0 saturated carbocycles. The zero-order valence-electron chi connectivity index (χ0n) is 9.16. The summed E-state index contributed by atoms with van der Waals surface area (Å²) >= 11 is 1.43. The van der Waals surface area contributed by atoms with E-state index in [1.165, 1.54) is 11.8 Å². The van der Waals surface area contributed by atoms with Crippen molar-refractivity contribution in [2.24, 2.45) is 0 Å². The molecule has 0 aliphatic rings. The van der Waals surface area contributed by atoms with Crippen LogP contribution in [0.3, 0.4) is 0 Å². The Morgan fingerprint density at radius 1 is 1.62 bits per heavy atom. The predicted molar refractivity (Wildman–Crippen MR) is 62.3 cm³/mol. The number of hydrogen-bond donors (Lipinski definition) is 2. The maximum atomic E-state index is 11.5. The molecule has 0 bridgehead atoms. The fourth-order valence-corrected chi connectivity index (χ4v) is 1.98. The second kappa shape index (κ2) is 5.47. The van der Waals surface area contributed by atoms with Crippen molar-refractivity contribution in [1.29, 1.82) is 5.26 Å². The van der Waals surface area contributed by atoms with Crippen LogP contribution in [0.1, 0.15) is 29.9 Å². The predicted octanol–water partition coefficient (Wildman–Crippen LogP) is 1.76. The number of nitrogens with two attached hydrogens (primary N) is 1. The van der Waals surface area contributed by atoms with Crippen LogP contribution in [0, 0.1) is 11.3 Å². The molecule has 0 spiro atoms. The van der Waals surface area contributed by atoms with E-state index in [9.17, 15) is 4.79 Å². The molecule has 0 amide bonds. The van der Waals surface area contributed by atoms with Crippen molar-refractivity contribution in [2.45, 2.75) is 18.9 Å². The number of carbonyl (C=O) groups excluding carboxylic acids is 1. The number of nitrogen functional groups attached to an aromatic ring is 1. The molecule has 0 aliphatic carbocycles. The Labute approximate surface area is 98.0 Å². The van der Waals surface area contributed by atoms with Crippen molar-refractivity contribution in [3.63, 3.8) is 0 Å². The second-order valence-corrected chi connectivity index (χ2v) is 4.16. The number of H-pyrrole nitrogens is 1. The van der Waals surface area contributed by atoms with Gasteiger partial charge in [0.25, 0.3) is 0 Å². The highest BCUT2D eigenvalue weighted by Crippen LogP contribution is 2.29. The molecular formula is C10H13N3O2S. The van der Waals surface area contributed by atoms with Gasteiger partial charge in [0.15, 0.2) is 5.69 Å². The summed E-state index contributed by atoms with van der Waals surface area (Å²) in [5.41, 5.74) is 6.35. The van der Waals surface area contributed by atoms with Crippen LogP contribution in [0.5, 0.6) is 0 Å². The number of aromatic amines is 1. The third-order valence-electron chi connectivity index (χ3n) is 1.88. The Morgan fingerprint density at radius 3 is 2.81 bits per heavy atom. The number of carbonyl (C=O) groups is 1. The molecule has 0 radical (unpaired) electrons. The van der Waals surface area contributed by atoms with Crippen LogP contribution in [-0.2, 0) is 4.74 Å². The minimum Gasteiger partial charge on any atom is -0.461 e. The Bertz CT molecular complexity index is 434. The van der Waals surface area contributed by atoms with Gasteiger partial charge in [-0.3, -0.25) is 0 Å². The molecule has 0 unspecified atom stereocenters. The first-order valence-electron chi connectivity index (χ1n) is 4.87. The normalized spacial score (nSPS) is 9.81. The number of nitrogens with zero attached hydrogens (tertiary/aromatic N) is 1. The first-order valence-corrected chi connectivity index (χ1v) is 5.85. The van der Waals surface area contributed by atoms with Crippen molar-refractivity contribution < 1.29 is 9.53 Å². The van der Waals surface area contributed by atoms with E-state index in [4.69, 9.17) is 15.7 Å². The Hall–Kier alpha value is -1.61. The number of esters is 1. The summed E-state index contributed by atoms with van der Waals surface area (Å²) in [6.45, 7) is 3.94. The molecule has 1 aromatic heterocycles. The topological polar surface area (TPSA) is 91.9 Å². The lowest BCUT2D eigenvalue weighted by atomic mass is 10.3. The number of ether oxygens (including phenoxy) is 1. The number of nitriles is 1. The van der Waals surface area contributed by atoms with Crippen molar-refractivity contribution in [3.8, 4) is 6.07 Å². The van der Waals surface area contributed by atoms with Gasteiger partial charge >= 0.3 is 5.97 Å². The van der Waals surface area contributed by atoms with Gasteiger partial charge in [-0.05, 0) is 12.7 Å². The van der Waals surface area contributed by atoms with E-state index in [0.717, 1.165) is 5.75 Å². The lowest BCUT2D eigenvalue weighted by molar-refractivity contribution is 0.0521. The first-order chi connectivity index (χ1) is 7.65. The van der Waals surface area contributed by atoms with E-state index >= 15 is 0 Å². The lowest BCUT2D eigenvalue weighted by Gasteiger charge is -1.99. The molecule has 86 valence electrons. The smallest absolute Gasteiger partial charge is 0.356 e. The molecule has 1 rings (SSSR count). The molecule has 6 heteroatoms. The molecule has 16 heavy (non-hydrogen) atoms. The standard InChI is InChI=1S/C10H13N3O2S/c1-3-15-10(14)8-7(12)6(5-11)9(13-8)16-4-2/h13H,3-4,12H2,1-2H3. The summed E-state index contributed by atoms with van der Waals surface area (Å²) in [5.74, 6) is 0.260. The molecule has 0 atom stereocenters. The molecular weight excluding hydrogens is 226 g/mol. The quantitative estimate of drug-likeness (QED) is 0.617. The van der Waals surface area contributed by atoms with E-state index in [1.54, 1.807) is 6.92 Å². The van der Waals surface area contributed by atoms with Crippen molar-refractivity contribution in [2.75, 3.05) is 18.1 Å². The number of aromatic nitrogens is 1. The van der Waals surface area contributed by atoms with Crippen molar-refractivity contribution in [1.82, 2.24) is 4.98 Å². The minimum atomic E-state index is -0.528. The Balaban J connectivity index is 3.13. The number of nitrogens with one attached hydrogen (secondary N) is 1. The van der Waals surface area contributed by atoms with E-state index in [0.29, 0.717) is 10.6 Å². The Morgan fingerprint density at radius 2 is 2.31 bits per heavy atom.